The van der Waals surface area contributed by atoms with Crippen molar-refractivity contribution in [2.24, 2.45) is 17.6 Å². The first kappa shape index (κ1) is 18.8. The summed E-state index contributed by atoms with van der Waals surface area (Å²) >= 11 is 6.70. The highest BCUT2D eigenvalue weighted by atomic mass is 35.5. The molecule has 29 heavy (non-hydrogen) atoms. The van der Waals surface area contributed by atoms with Crippen LogP contribution in [-0.2, 0) is 0 Å². The zero-order valence-electron chi connectivity index (χ0n) is 15.5. The van der Waals surface area contributed by atoms with Crippen LogP contribution in [0.2, 0.25) is 5.02 Å². The molecule has 2 aromatic rings. The number of aromatic nitrogens is 1. The molecule has 1 aromatic carbocycles. The van der Waals surface area contributed by atoms with Crippen molar-refractivity contribution < 1.29 is 19.0 Å². The maximum absolute atomic E-state index is 15.2. The molecular formula is C20H21ClFN3O4. The van der Waals surface area contributed by atoms with Crippen LogP contribution >= 0.6 is 11.6 Å². The van der Waals surface area contributed by atoms with E-state index in [4.69, 9.17) is 22.4 Å². The molecule has 1 saturated heterocycles. The number of hydrogen-bond acceptors (Lipinski definition) is 5. The fourth-order valence-corrected chi connectivity index (χ4v) is 5.31. The number of benzene rings is 1. The predicted molar refractivity (Wildman–Crippen MR) is 105 cm³/mol. The van der Waals surface area contributed by atoms with Gasteiger partial charge in [0.25, 0.3) is 0 Å². The van der Waals surface area contributed by atoms with Gasteiger partial charge in [0.05, 0.1) is 22.1 Å². The summed E-state index contributed by atoms with van der Waals surface area (Å²) in [6, 6.07) is 1.18. The maximum Gasteiger partial charge on any atom is 0.511 e. The fraction of sp³-hybridized carbons (Fsp3) is 0.500. The summed E-state index contributed by atoms with van der Waals surface area (Å²) in [4.78, 5) is 23.7. The summed E-state index contributed by atoms with van der Waals surface area (Å²) < 4.78 is 21.5. The maximum atomic E-state index is 15.2. The molecule has 2 aliphatic carbocycles. The third-order valence-corrected chi connectivity index (χ3v) is 6.95. The molecular weight excluding hydrogens is 401 g/mol. The molecule has 0 radical (unpaired) electrons. The Morgan fingerprint density at radius 3 is 2.76 bits per heavy atom. The van der Waals surface area contributed by atoms with E-state index < -0.39 is 17.4 Å². The zero-order valence-corrected chi connectivity index (χ0v) is 16.3. The van der Waals surface area contributed by atoms with Crippen LogP contribution in [0.3, 0.4) is 0 Å². The number of nitrogens with zero attached hydrogens (tertiary/aromatic N) is 1. The van der Waals surface area contributed by atoms with Crippen LogP contribution in [0.5, 0.6) is 5.75 Å². The minimum Gasteiger partial charge on any atom is -0.449 e. The largest absolute Gasteiger partial charge is 0.511 e. The van der Waals surface area contributed by atoms with Crippen molar-refractivity contribution in [3.63, 3.8) is 0 Å². The molecule has 1 aliphatic heterocycles. The Labute approximate surface area is 170 Å². The van der Waals surface area contributed by atoms with Gasteiger partial charge < -0.3 is 25.5 Å². The molecule has 9 heteroatoms. The predicted octanol–water partition coefficient (Wildman–Crippen LogP) is 3.18. The Bertz CT molecular complexity index is 1080. The zero-order chi connectivity index (χ0) is 20.4. The molecule has 3 aliphatic rings. The number of piperidine rings is 1. The number of pyridine rings is 1. The van der Waals surface area contributed by atoms with Crippen LogP contribution in [-0.4, -0.2) is 28.4 Å². The monoisotopic (exact) mass is 421 g/mol. The summed E-state index contributed by atoms with van der Waals surface area (Å²) in [5.74, 6) is -0.0653. The topological polar surface area (TPSA) is 107 Å². The van der Waals surface area contributed by atoms with E-state index in [1.807, 2.05) is 0 Å². The van der Waals surface area contributed by atoms with Crippen LogP contribution in [0.25, 0.3) is 10.9 Å². The van der Waals surface area contributed by atoms with Crippen LogP contribution in [0, 0.1) is 17.7 Å². The van der Waals surface area contributed by atoms with E-state index in [1.54, 1.807) is 4.57 Å². The Balaban J connectivity index is 1.65. The van der Waals surface area contributed by atoms with E-state index >= 15 is 4.39 Å². The van der Waals surface area contributed by atoms with Gasteiger partial charge in [-0.15, -0.1) is 0 Å². The van der Waals surface area contributed by atoms with Crippen LogP contribution in [0.1, 0.15) is 43.3 Å². The van der Waals surface area contributed by atoms with Crippen LogP contribution in [0.4, 0.5) is 9.18 Å². The van der Waals surface area contributed by atoms with Crippen LogP contribution in [0.15, 0.2) is 17.1 Å². The van der Waals surface area contributed by atoms with Gasteiger partial charge >= 0.3 is 6.16 Å². The van der Waals surface area contributed by atoms with Gasteiger partial charge in [0.2, 0.25) is 5.43 Å². The molecule has 0 amide bonds. The lowest BCUT2D eigenvalue weighted by Crippen LogP contribution is -2.56. The third-order valence-electron chi connectivity index (χ3n) is 6.57. The number of nitrogens with one attached hydrogen (secondary N) is 1. The third kappa shape index (κ3) is 3.01. The highest BCUT2D eigenvalue weighted by Gasteiger charge is 2.44. The first-order valence-electron chi connectivity index (χ1n) is 9.81. The molecule has 5 rings (SSSR count). The number of fused-ring (bicyclic) bond motifs is 2. The normalized spacial score (nSPS) is 28.7. The molecule has 7 nitrogen and oxygen atoms in total. The smallest absolute Gasteiger partial charge is 0.449 e. The van der Waals surface area contributed by atoms with E-state index in [-0.39, 0.29) is 34.3 Å². The average molecular weight is 422 g/mol. The summed E-state index contributed by atoms with van der Waals surface area (Å²) in [6.45, 7) is 0.713. The summed E-state index contributed by atoms with van der Waals surface area (Å²) in [5, 5.41) is 12.5. The van der Waals surface area contributed by atoms with Crippen molar-refractivity contribution in [1.29, 1.82) is 0 Å². The van der Waals surface area contributed by atoms with Gasteiger partial charge in [-0.05, 0) is 43.6 Å². The van der Waals surface area contributed by atoms with E-state index in [0.717, 1.165) is 31.7 Å². The number of rotatable bonds is 3. The summed E-state index contributed by atoms with van der Waals surface area (Å²) in [7, 11) is 0. The summed E-state index contributed by atoms with van der Waals surface area (Å²) in [6.07, 6.45) is 3.20. The second-order valence-electron chi connectivity index (χ2n) is 8.33. The lowest BCUT2D eigenvalue weighted by Gasteiger charge is -2.49. The van der Waals surface area contributed by atoms with Gasteiger partial charge in [0, 0.05) is 30.2 Å². The van der Waals surface area contributed by atoms with Crippen LogP contribution < -0.4 is 21.2 Å². The van der Waals surface area contributed by atoms with E-state index in [1.165, 1.54) is 6.20 Å². The first-order valence-corrected chi connectivity index (χ1v) is 10.2. The second-order valence-corrected chi connectivity index (χ2v) is 8.71. The molecule has 154 valence electrons. The van der Waals surface area contributed by atoms with E-state index in [0.29, 0.717) is 29.5 Å². The first-order chi connectivity index (χ1) is 13.8. The number of halogens is 2. The van der Waals surface area contributed by atoms with Gasteiger partial charge in [0.15, 0.2) is 5.75 Å². The second kappa shape index (κ2) is 6.68. The van der Waals surface area contributed by atoms with Crippen molar-refractivity contribution in [2.75, 3.05) is 6.54 Å². The molecule has 2 saturated carbocycles. The minimum absolute atomic E-state index is 0.0289. The number of nitrogens with two attached hydrogens (primary N) is 1. The fourth-order valence-electron chi connectivity index (χ4n) is 4.88. The van der Waals surface area contributed by atoms with Crippen molar-refractivity contribution in [3.8, 4) is 5.75 Å². The lowest BCUT2D eigenvalue weighted by atomic mass is 9.64. The molecule has 4 N–H and O–H groups in total. The van der Waals surface area contributed by atoms with Crippen molar-refractivity contribution in [2.45, 2.75) is 43.8 Å². The Morgan fingerprint density at radius 1 is 1.38 bits per heavy atom. The van der Waals surface area contributed by atoms with Crippen molar-refractivity contribution in [3.05, 3.63) is 38.9 Å². The average Bonchev–Trinajstić information content (AvgIpc) is 3.48. The molecule has 1 unspecified atom stereocenters. The lowest BCUT2D eigenvalue weighted by molar-refractivity contribution is 0.0732. The van der Waals surface area contributed by atoms with Gasteiger partial charge in [0.1, 0.15) is 5.82 Å². The highest BCUT2D eigenvalue weighted by molar-refractivity contribution is 6.36. The SMILES string of the molecule is N[C@@H]1C[C@@H]2CC(c3c(F)cc4c(=O)c(OC(=O)O)cn(C5CC5)c4c3Cl)NC[C@@H]21. The van der Waals surface area contributed by atoms with Crippen molar-refractivity contribution in [1.82, 2.24) is 9.88 Å². The Hall–Kier alpha value is -2.16. The molecule has 3 fully saturated rings. The Morgan fingerprint density at radius 2 is 2.14 bits per heavy atom. The number of hydrogen-bond donors (Lipinski definition) is 3. The van der Waals surface area contributed by atoms with Gasteiger partial charge in [-0.25, -0.2) is 9.18 Å². The van der Waals surface area contributed by atoms with Gasteiger partial charge in [-0.2, -0.15) is 0 Å². The van der Waals surface area contributed by atoms with Gasteiger partial charge in [-0.1, -0.05) is 11.6 Å². The van der Waals surface area contributed by atoms with E-state index in [9.17, 15) is 9.59 Å². The molecule has 1 aromatic heterocycles. The Kier molecular flexibility index (Phi) is 4.34. The summed E-state index contributed by atoms with van der Waals surface area (Å²) in [5.41, 5.74) is 6.15. The minimum atomic E-state index is -1.59. The number of carbonyl (C=O) groups is 1. The molecule has 0 bridgehead atoms. The molecule has 4 atom stereocenters. The number of carboxylic acid groups (broad SMARTS) is 1. The number of ether oxygens (including phenoxy) is 1. The standard InChI is InChI=1S/C20H21ClFN3O4/c21-17-16(14-4-8-3-13(23)11(8)6-24-14)12(22)5-10-18(17)25(9-1-2-9)7-15(19(10)26)29-20(27)28/h5,7-9,11,13-14,24H,1-4,6,23H2,(H,27,28)/t8-,11+,13-,14?/m1/s1. The highest BCUT2D eigenvalue weighted by Crippen LogP contribution is 2.46. The quantitative estimate of drug-likeness (QED) is 0.657. The van der Waals surface area contributed by atoms with Crippen molar-refractivity contribution >= 4 is 28.7 Å². The molecule has 0 spiro atoms. The molecule has 2 heterocycles. The van der Waals surface area contributed by atoms with Gasteiger partial charge in [-0.3, -0.25) is 4.79 Å². The van der Waals surface area contributed by atoms with E-state index in [2.05, 4.69) is 10.1 Å².